The number of carbonyl (C=O) groups excluding carboxylic acids is 1. The van der Waals surface area contributed by atoms with Crippen LogP contribution in [0.15, 0.2) is 16.6 Å². The van der Waals surface area contributed by atoms with Crippen LogP contribution in [0.25, 0.3) is 0 Å². The van der Waals surface area contributed by atoms with Crippen molar-refractivity contribution in [1.82, 2.24) is 10.6 Å². The molecule has 0 heterocycles. The van der Waals surface area contributed by atoms with Crippen molar-refractivity contribution < 1.29 is 9.53 Å². The molecule has 21 heavy (non-hydrogen) atoms. The van der Waals surface area contributed by atoms with Gasteiger partial charge < -0.3 is 15.4 Å². The minimum absolute atomic E-state index is 0.133. The maximum absolute atomic E-state index is 11.2. The molecule has 5 nitrogen and oxygen atoms in total. The molecule has 0 radical (unpaired) electrons. The van der Waals surface area contributed by atoms with Gasteiger partial charge in [-0.1, -0.05) is 11.6 Å². The summed E-state index contributed by atoms with van der Waals surface area (Å²) in [7, 11) is 1.76. The molecule has 120 valence electrons. The summed E-state index contributed by atoms with van der Waals surface area (Å²) >= 11 is 0. The smallest absolute Gasteiger partial charge is 0.305 e. The Morgan fingerprint density at radius 1 is 1.33 bits per heavy atom. The molecule has 2 N–H and O–H groups in total. The molecule has 5 heteroatoms. The van der Waals surface area contributed by atoms with E-state index in [2.05, 4.69) is 21.7 Å². The number of rotatable bonds is 8. The molecule has 1 aliphatic rings. The number of nitrogens with zero attached hydrogens (tertiary/aromatic N) is 1. The minimum Gasteiger partial charge on any atom is -0.466 e. The number of nitrogens with one attached hydrogen (secondary N) is 2. The Morgan fingerprint density at radius 3 is 2.81 bits per heavy atom. The van der Waals surface area contributed by atoms with Gasteiger partial charge in [-0.25, -0.2) is 0 Å². The summed E-state index contributed by atoms with van der Waals surface area (Å²) in [6, 6.07) is 0. The van der Waals surface area contributed by atoms with Crippen molar-refractivity contribution >= 4 is 11.9 Å². The summed E-state index contributed by atoms with van der Waals surface area (Å²) in [5.74, 6) is 0.668. The molecule has 0 saturated heterocycles. The molecule has 0 unspecified atom stereocenters. The second kappa shape index (κ2) is 11.2. The molecule has 0 fully saturated rings. The fourth-order valence-corrected chi connectivity index (χ4v) is 2.37. The zero-order valence-electron chi connectivity index (χ0n) is 13.4. The number of allylic oxidation sites excluding steroid dienone is 1. The van der Waals surface area contributed by atoms with E-state index in [1.165, 1.54) is 25.7 Å². The van der Waals surface area contributed by atoms with Crippen molar-refractivity contribution in [1.29, 1.82) is 0 Å². The highest BCUT2D eigenvalue weighted by molar-refractivity contribution is 5.79. The second-order valence-electron chi connectivity index (χ2n) is 5.19. The predicted octanol–water partition coefficient (Wildman–Crippen LogP) is 2.39. The number of carbonyl (C=O) groups is 1. The number of esters is 1. The number of aliphatic imine (C=N–C) groups is 1. The number of ether oxygens (including phenoxy) is 1. The van der Waals surface area contributed by atoms with Crippen LogP contribution in [0.5, 0.6) is 0 Å². The van der Waals surface area contributed by atoms with Gasteiger partial charge in [0, 0.05) is 26.6 Å². The first-order valence-electron chi connectivity index (χ1n) is 8.04. The van der Waals surface area contributed by atoms with E-state index in [0.717, 1.165) is 31.9 Å². The van der Waals surface area contributed by atoms with E-state index in [4.69, 9.17) is 4.74 Å². The third-order valence-electron chi connectivity index (χ3n) is 3.50. The summed E-state index contributed by atoms with van der Waals surface area (Å²) < 4.78 is 4.89. The van der Waals surface area contributed by atoms with Crippen molar-refractivity contribution in [3.63, 3.8) is 0 Å². The summed E-state index contributed by atoms with van der Waals surface area (Å²) in [5.41, 5.74) is 1.56. The average molecular weight is 295 g/mol. The summed E-state index contributed by atoms with van der Waals surface area (Å²) in [4.78, 5) is 15.4. The van der Waals surface area contributed by atoms with E-state index in [0.29, 0.717) is 13.0 Å². The van der Waals surface area contributed by atoms with Crippen LogP contribution in [0.2, 0.25) is 0 Å². The highest BCUT2D eigenvalue weighted by Crippen LogP contribution is 2.19. The Balaban J connectivity index is 2.09. The number of hydrogen-bond acceptors (Lipinski definition) is 3. The number of guanidine groups is 1. The van der Waals surface area contributed by atoms with Gasteiger partial charge in [-0.15, -0.1) is 0 Å². The first-order valence-corrected chi connectivity index (χ1v) is 8.04. The van der Waals surface area contributed by atoms with Crippen molar-refractivity contribution in [3.8, 4) is 0 Å². The molecule has 0 aromatic rings. The van der Waals surface area contributed by atoms with Crippen LogP contribution >= 0.6 is 0 Å². The molecule has 0 amide bonds. The highest BCUT2D eigenvalue weighted by Gasteiger charge is 2.04. The van der Waals surface area contributed by atoms with Gasteiger partial charge >= 0.3 is 5.97 Å². The molecule has 1 aliphatic carbocycles. The summed E-state index contributed by atoms with van der Waals surface area (Å²) in [6.45, 7) is 3.90. The van der Waals surface area contributed by atoms with Crippen LogP contribution < -0.4 is 10.6 Å². The number of hydrogen-bond donors (Lipinski definition) is 2. The predicted molar refractivity (Wildman–Crippen MR) is 86.4 cm³/mol. The maximum atomic E-state index is 11.2. The van der Waals surface area contributed by atoms with E-state index in [1.807, 2.05) is 6.92 Å². The Bertz CT molecular complexity index is 365. The molecule has 0 aromatic heterocycles. The zero-order valence-corrected chi connectivity index (χ0v) is 13.4. The van der Waals surface area contributed by atoms with Crippen LogP contribution in [-0.4, -0.2) is 38.7 Å². The van der Waals surface area contributed by atoms with Crippen molar-refractivity contribution in [2.45, 2.75) is 51.9 Å². The molecule has 0 spiro atoms. The van der Waals surface area contributed by atoms with Crippen LogP contribution in [0.3, 0.4) is 0 Å². The Labute approximate surface area is 128 Å². The second-order valence-corrected chi connectivity index (χ2v) is 5.19. The van der Waals surface area contributed by atoms with Gasteiger partial charge in [0.05, 0.1) is 6.61 Å². The lowest BCUT2D eigenvalue weighted by molar-refractivity contribution is -0.143. The van der Waals surface area contributed by atoms with E-state index in [-0.39, 0.29) is 5.97 Å². The standard InChI is InChI=1S/C16H29N3O2/c1-3-21-15(20)10-7-12-18-16(17-2)19-13-11-14-8-5-4-6-9-14/h8H,3-7,9-13H2,1-2H3,(H2,17,18,19). The zero-order chi connectivity index (χ0) is 15.3. The molecule has 0 aromatic carbocycles. The third-order valence-corrected chi connectivity index (χ3v) is 3.50. The molecule has 0 bridgehead atoms. The lowest BCUT2D eigenvalue weighted by atomic mass is 9.97. The largest absolute Gasteiger partial charge is 0.466 e. The molecule has 0 saturated carbocycles. The first-order chi connectivity index (χ1) is 10.3. The Kier molecular flexibility index (Phi) is 9.33. The van der Waals surface area contributed by atoms with E-state index in [1.54, 1.807) is 12.6 Å². The van der Waals surface area contributed by atoms with E-state index < -0.39 is 0 Å². The molecule has 0 aliphatic heterocycles. The molecular weight excluding hydrogens is 266 g/mol. The lowest BCUT2D eigenvalue weighted by Crippen LogP contribution is -2.38. The van der Waals surface area contributed by atoms with Crippen LogP contribution in [0.1, 0.15) is 51.9 Å². The third kappa shape index (κ3) is 8.38. The quantitative estimate of drug-likeness (QED) is 0.237. The van der Waals surface area contributed by atoms with Gasteiger partial charge in [0.2, 0.25) is 0 Å². The Morgan fingerprint density at radius 2 is 2.14 bits per heavy atom. The normalized spacial score (nSPS) is 15.3. The van der Waals surface area contributed by atoms with Crippen LogP contribution in [0.4, 0.5) is 0 Å². The summed E-state index contributed by atoms with van der Waals surface area (Å²) in [5, 5.41) is 6.53. The maximum Gasteiger partial charge on any atom is 0.305 e. The molecule has 1 rings (SSSR count). The van der Waals surface area contributed by atoms with Crippen LogP contribution in [-0.2, 0) is 9.53 Å². The van der Waals surface area contributed by atoms with Gasteiger partial charge in [0.1, 0.15) is 0 Å². The fourth-order valence-electron chi connectivity index (χ4n) is 2.37. The van der Waals surface area contributed by atoms with Crippen molar-refractivity contribution in [2.24, 2.45) is 4.99 Å². The van der Waals surface area contributed by atoms with Gasteiger partial charge in [-0.3, -0.25) is 9.79 Å². The Hall–Kier alpha value is -1.52. The van der Waals surface area contributed by atoms with E-state index >= 15 is 0 Å². The molecular formula is C16H29N3O2. The van der Waals surface area contributed by atoms with Gasteiger partial charge in [0.25, 0.3) is 0 Å². The summed E-state index contributed by atoms with van der Waals surface area (Å²) in [6.07, 6.45) is 9.80. The van der Waals surface area contributed by atoms with Crippen LogP contribution in [0, 0.1) is 0 Å². The molecule has 0 atom stereocenters. The van der Waals surface area contributed by atoms with E-state index in [9.17, 15) is 4.79 Å². The van der Waals surface area contributed by atoms with Gasteiger partial charge in [-0.05, 0) is 45.4 Å². The minimum atomic E-state index is -0.133. The average Bonchev–Trinajstić information content (AvgIpc) is 2.51. The van der Waals surface area contributed by atoms with Gasteiger partial charge in [0.15, 0.2) is 5.96 Å². The topological polar surface area (TPSA) is 62.7 Å². The van der Waals surface area contributed by atoms with Crippen molar-refractivity contribution in [2.75, 3.05) is 26.7 Å². The monoisotopic (exact) mass is 295 g/mol. The SMILES string of the molecule is CCOC(=O)CCCNC(=NC)NCCC1=CCCCC1. The first kappa shape index (κ1) is 17.5. The fraction of sp³-hybridized carbons (Fsp3) is 0.750. The highest BCUT2D eigenvalue weighted by atomic mass is 16.5. The lowest BCUT2D eigenvalue weighted by Gasteiger charge is -2.15. The van der Waals surface area contributed by atoms with Crippen molar-refractivity contribution in [3.05, 3.63) is 11.6 Å². The van der Waals surface area contributed by atoms with Gasteiger partial charge in [-0.2, -0.15) is 0 Å².